The second-order valence-electron chi connectivity index (χ2n) is 10.1. The summed E-state index contributed by atoms with van der Waals surface area (Å²) in [6.07, 6.45) is 6.56. The van der Waals surface area contributed by atoms with Gasteiger partial charge in [0.2, 0.25) is 11.8 Å². The summed E-state index contributed by atoms with van der Waals surface area (Å²) in [5.74, 6) is 1.16. The van der Waals surface area contributed by atoms with E-state index in [2.05, 4.69) is 23.1 Å². The summed E-state index contributed by atoms with van der Waals surface area (Å²) < 4.78 is 10.3. The second kappa shape index (κ2) is 15.5. The van der Waals surface area contributed by atoms with E-state index in [0.29, 0.717) is 17.5 Å². The smallest absolute Gasteiger partial charge is 0.408 e. The van der Waals surface area contributed by atoms with Crippen LogP contribution in [0, 0.1) is 18.3 Å². The van der Waals surface area contributed by atoms with Crippen LogP contribution in [0.5, 0.6) is 0 Å². The summed E-state index contributed by atoms with van der Waals surface area (Å²) in [4.78, 5) is 53.0. The molecule has 0 aliphatic carbocycles. The Labute approximate surface area is 226 Å². The van der Waals surface area contributed by atoms with Crippen molar-refractivity contribution in [1.82, 2.24) is 15.5 Å². The van der Waals surface area contributed by atoms with Crippen molar-refractivity contribution >= 4 is 23.9 Å². The van der Waals surface area contributed by atoms with Crippen molar-refractivity contribution in [2.75, 3.05) is 19.7 Å². The third-order valence-electron chi connectivity index (χ3n) is 5.19. The van der Waals surface area contributed by atoms with E-state index in [1.54, 1.807) is 52.0 Å². The molecular formula is C29H41N3O6. The summed E-state index contributed by atoms with van der Waals surface area (Å²) in [7, 11) is 0. The van der Waals surface area contributed by atoms with Gasteiger partial charge in [0.05, 0.1) is 13.0 Å². The molecule has 0 saturated carbocycles. The van der Waals surface area contributed by atoms with Gasteiger partial charge in [-0.15, -0.1) is 13.0 Å². The van der Waals surface area contributed by atoms with Crippen LogP contribution in [-0.2, 0) is 23.9 Å². The molecule has 1 rings (SSSR count). The molecule has 38 heavy (non-hydrogen) atoms. The number of hydrogen-bond acceptors (Lipinski definition) is 6. The molecule has 2 unspecified atom stereocenters. The summed E-state index contributed by atoms with van der Waals surface area (Å²) >= 11 is 0. The molecule has 0 saturated heterocycles. The lowest BCUT2D eigenvalue weighted by Crippen LogP contribution is -2.53. The highest BCUT2D eigenvalue weighted by Crippen LogP contribution is 2.24. The Morgan fingerprint density at radius 1 is 1.16 bits per heavy atom. The number of esters is 1. The predicted molar refractivity (Wildman–Crippen MR) is 146 cm³/mol. The normalized spacial score (nSPS) is 12.5. The van der Waals surface area contributed by atoms with Gasteiger partial charge < -0.3 is 25.0 Å². The number of carbonyl (C=O) groups is 4. The topological polar surface area (TPSA) is 114 Å². The number of carbonyl (C=O) groups excluding carboxylic acids is 4. The molecule has 9 nitrogen and oxygen atoms in total. The molecular weight excluding hydrogens is 486 g/mol. The Bertz CT molecular complexity index is 1000. The third kappa shape index (κ3) is 11.1. The minimum Gasteiger partial charge on any atom is -0.466 e. The van der Waals surface area contributed by atoms with Gasteiger partial charge in [-0.2, -0.15) is 0 Å². The summed E-state index contributed by atoms with van der Waals surface area (Å²) in [6.45, 7) is 14.8. The van der Waals surface area contributed by atoms with Gasteiger partial charge in [-0.05, 0) is 57.7 Å². The lowest BCUT2D eigenvalue weighted by atomic mass is 9.98. The van der Waals surface area contributed by atoms with Crippen molar-refractivity contribution in [2.45, 2.75) is 72.1 Å². The first kappa shape index (κ1) is 32.2. The van der Waals surface area contributed by atoms with Crippen molar-refractivity contribution in [3.8, 4) is 12.3 Å². The molecule has 208 valence electrons. The van der Waals surface area contributed by atoms with Gasteiger partial charge in [-0.1, -0.05) is 38.0 Å². The average molecular weight is 528 g/mol. The average Bonchev–Trinajstić information content (AvgIpc) is 2.82. The van der Waals surface area contributed by atoms with Gasteiger partial charge in [-0.3, -0.25) is 14.4 Å². The van der Waals surface area contributed by atoms with Crippen LogP contribution in [0.4, 0.5) is 4.79 Å². The SMILES string of the molecule is C#Cc1ccc(C(C(=O)NCCC(=O)OCC)N(CC=C)C(=O)C(CC(C)C)NC(=O)OC(C)(C)C)cc1. The van der Waals surface area contributed by atoms with E-state index < -0.39 is 41.6 Å². The van der Waals surface area contributed by atoms with Crippen LogP contribution in [0.15, 0.2) is 36.9 Å². The van der Waals surface area contributed by atoms with E-state index in [1.165, 1.54) is 11.0 Å². The highest BCUT2D eigenvalue weighted by atomic mass is 16.6. The Balaban J connectivity index is 3.38. The number of benzene rings is 1. The van der Waals surface area contributed by atoms with Crippen molar-refractivity contribution in [1.29, 1.82) is 0 Å². The Morgan fingerprint density at radius 3 is 2.29 bits per heavy atom. The maximum Gasteiger partial charge on any atom is 0.408 e. The van der Waals surface area contributed by atoms with E-state index in [9.17, 15) is 19.2 Å². The number of hydrogen-bond donors (Lipinski definition) is 2. The molecule has 0 bridgehead atoms. The number of terminal acetylenes is 1. The molecule has 2 N–H and O–H groups in total. The van der Waals surface area contributed by atoms with Crippen LogP contribution >= 0.6 is 0 Å². The molecule has 0 aromatic heterocycles. The van der Waals surface area contributed by atoms with Crippen LogP contribution in [-0.4, -0.2) is 60.1 Å². The van der Waals surface area contributed by atoms with Gasteiger partial charge in [0, 0.05) is 18.7 Å². The van der Waals surface area contributed by atoms with Crippen LogP contribution in [0.3, 0.4) is 0 Å². The van der Waals surface area contributed by atoms with Gasteiger partial charge in [-0.25, -0.2) is 4.79 Å². The highest BCUT2D eigenvalue weighted by Gasteiger charge is 2.36. The summed E-state index contributed by atoms with van der Waals surface area (Å²) in [5, 5.41) is 5.40. The molecule has 1 aromatic carbocycles. The molecule has 1 aromatic rings. The number of amides is 3. The largest absolute Gasteiger partial charge is 0.466 e. The van der Waals surface area contributed by atoms with Gasteiger partial charge in [0.15, 0.2) is 0 Å². The standard InChI is InChI=1S/C29H41N3O6/c1-9-18-32(27(35)23(19-20(4)5)31-28(36)38-29(6,7)8)25(22-14-12-21(10-2)13-15-22)26(34)30-17-16-24(33)37-11-3/h2,9,12-15,20,23,25H,1,11,16-19H2,3-8H3,(H,30,34)(H,31,36). The van der Waals surface area contributed by atoms with Gasteiger partial charge in [0.25, 0.3) is 0 Å². The number of alkyl carbamates (subject to hydrolysis) is 1. The minimum absolute atomic E-state index is 0.0199. The zero-order valence-corrected chi connectivity index (χ0v) is 23.3. The van der Waals surface area contributed by atoms with Crippen molar-refractivity contribution < 1.29 is 28.7 Å². The minimum atomic E-state index is -1.08. The number of rotatable bonds is 13. The molecule has 0 spiro atoms. The first-order chi connectivity index (χ1) is 17.8. The zero-order chi connectivity index (χ0) is 28.9. The molecule has 2 atom stereocenters. The van der Waals surface area contributed by atoms with Crippen molar-refractivity contribution in [3.05, 3.63) is 48.0 Å². The third-order valence-corrected chi connectivity index (χ3v) is 5.19. The lowest BCUT2D eigenvalue weighted by Gasteiger charge is -2.34. The maximum atomic E-state index is 13.9. The zero-order valence-electron chi connectivity index (χ0n) is 23.3. The highest BCUT2D eigenvalue weighted by molar-refractivity contribution is 5.92. The molecule has 3 amide bonds. The maximum absolute atomic E-state index is 13.9. The van der Waals surface area contributed by atoms with E-state index in [1.807, 2.05) is 13.8 Å². The van der Waals surface area contributed by atoms with E-state index in [0.717, 1.165) is 0 Å². The fourth-order valence-corrected chi connectivity index (χ4v) is 3.66. The molecule has 9 heteroatoms. The van der Waals surface area contributed by atoms with Crippen molar-refractivity contribution in [2.24, 2.45) is 5.92 Å². The Kier molecular flexibility index (Phi) is 13.1. The Morgan fingerprint density at radius 2 is 1.79 bits per heavy atom. The fourth-order valence-electron chi connectivity index (χ4n) is 3.66. The quantitative estimate of drug-likeness (QED) is 0.230. The molecule has 0 aliphatic rings. The van der Waals surface area contributed by atoms with Gasteiger partial charge in [0.1, 0.15) is 17.7 Å². The van der Waals surface area contributed by atoms with Crippen molar-refractivity contribution in [3.63, 3.8) is 0 Å². The molecule has 0 aliphatic heterocycles. The number of nitrogens with zero attached hydrogens (tertiary/aromatic N) is 1. The van der Waals surface area contributed by atoms with Gasteiger partial charge >= 0.3 is 12.1 Å². The lowest BCUT2D eigenvalue weighted by molar-refractivity contribution is -0.144. The van der Waals surface area contributed by atoms with E-state index in [-0.39, 0.29) is 32.0 Å². The Hall–Kier alpha value is -3.80. The van der Waals surface area contributed by atoms with Crippen LogP contribution in [0.1, 0.15) is 71.6 Å². The van der Waals surface area contributed by atoms with Crippen LogP contribution in [0.2, 0.25) is 0 Å². The fraction of sp³-hybridized carbons (Fsp3) is 0.517. The monoisotopic (exact) mass is 527 g/mol. The first-order valence-electron chi connectivity index (χ1n) is 12.7. The van der Waals surface area contributed by atoms with E-state index >= 15 is 0 Å². The van der Waals surface area contributed by atoms with Crippen LogP contribution in [0.25, 0.3) is 0 Å². The summed E-state index contributed by atoms with van der Waals surface area (Å²) in [6, 6.07) is 4.67. The second-order valence-corrected chi connectivity index (χ2v) is 10.1. The summed E-state index contributed by atoms with van der Waals surface area (Å²) in [5.41, 5.74) is 0.366. The van der Waals surface area contributed by atoms with E-state index in [4.69, 9.17) is 15.9 Å². The first-order valence-corrected chi connectivity index (χ1v) is 12.7. The predicted octanol–water partition coefficient (Wildman–Crippen LogP) is 3.73. The molecule has 0 radical (unpaired) electrons. The number of ether oxygens (including phenoxy) is 2. The van der Waals surface area contributed by atoms with Crippen LogP contribution < -0.4 is 10.6 Å². The molecule has 0 fully saturated rings. The molecule has 0 heterocycles. The number of nitrogens with one attached hydrogen (secondary N) is 2.